The number of benzene rings is 1. The van der Waals surface area contributed by atoms with E-state index in [2.05, 4.69) is 4.74 Å². The summed E-state index contributed by atoms with van der Waals surface area (Å²) < 4.78 is 18.2. The molecular formula is C15H10FNO2S. The predicted molar refractivity (Wildman–Crippen MR) is 75.3 cm³/mol. The van der Waals surface area contributed by atoms with E-state index in [0.717, 1.165) is 4.88 Å². The van der Waals surface area contributed by atoms with Crippen molar-refractivity contribution in [3.63, 3.8) is 0 Å². The van der Waals surface area contributed by atoms with E-state index < -0.39 is 5.97 Å². The third-order valence-corrected chi connectivity index (χ3v) is 3.64. The van der Waals surface area contributed by atoms with Gasteiger partial charge in [0.1, 0.15) is 17.5 Å². The molecule has 20 heavy (non-hydrogen) atoms. The minimum atomic E-state index is -0.687. The van der Waals surface area contributed by atoms with Crippen molar-refractivity contribution in [2.24, 2.45) is 0 Å². The summed E-state index contributed by atoms with van der Waals surface area (Å²) in [7, 11) is 1.21. The molecule has 0 aliphatic carbocycles. The molecule has 3 nitrogen and oxygen atoms in total. The van der Waals surface area contributed by atoms with Crippen LogP contribution < -0.4 is 0 Å². The van der Waals surface area contributed by atoms with Crippen LogP contribution in [0.25, 0.3) is 16.5 Å². The van der Waals surface area contributed by atoms with E-state index in [9.17, 15) is 9.18 Å². The minimum absolute atomic E-state index is 0.0885. The van der Waals surface area contributed by atoms with Crippen LogP contribution in [0.5, 0.6) is 0 Å². The molecule has 0 aliphatic rings. The van der Waals surface area contributed by atoms with Crippen LogP contribution in [0.3, 0.4) is 0 Å². The SMILES string of the molecule is COC(=O)/C(C#N)=C/c1ccc(-c2ccccc2F)s1. The van der Waals surface area contributed by atoms with Crippen LogP contribution in [-0.4, -0.2) is 13.1 Å². The van der Waals surface area contributed by atoms with Gasteiger partial charge in [-0.1, -0.05) is 18.2 Å². The van der Waals surface area contributed by atoms with E-state index in [1.165, 1.54) is 30.6 Å². The molecule has 2 rings (SSSR count). The molecule has 0 aliphatic heterocycles. The van der Waals surface area contributed by atoms with Crippen LogP contribution in [0.1, 0.15) is 4.88 Å². The smallest absolute Gasteiger partial charge is 0.348 e. The van der Waals surface area contributed by atoms with Gasteiger partial charge in [0, 0.05) is 15.3 Å². The number of esters is 1. The van der Waals surface area contributed by atoms with E-state index in [1.54, 1.807) is 36.4 Å². The van der Waals surface area contributed by atoms with Gasteiger partial charge in [-0.25, -0.2) is 9.18 Å². The Bertz CT molecular complexity index is 713. The van der Waals surface area contributed by atoms with E-state index in [4.69, 9.17) is 5.26 Å². The van der Waals surface area contributed by atoms with Crippen LogP contribution in [0.15, 0.2) is 42.0 Å². The average molecular weight is 287 g/mol. The summed E-state index contributed by atoms with van der Waals surface area (Å²) in [5.74, 6) is -0.994. The van der Waals surface area contributed by atoms with E-state index in [-0.39, 0.29) is 11.4 Å². The number of methoxy groups -OCH3 is 1. The molecule has 0 amide bonds. The molecule has 0 fully saturated rings. The third kappa shape index (κ3) is 2.92. The number of thiophene rings is 1. The molecule has 0 bridgehead atoms. The number of ether oxygens (including phenoxy) is 1. The Balaban J connectivity index is 2.35. The van der Waals surface area contributed by atoms with Gasteiger partial charge in [-0.15, -0.1) is 11.3 Å². The van der Waals surface area contributed by atoms with Crippen molar-refractivity contribution >= 4 is 23.4 Å². The monoisotopic (exact) mass is 287 g/mol. The fraction of sp³-hybridized carbons (Fsp3) is 0.0667. The Morgan fingerprint density at radius 2 is 2.10 bits per heavy atom. The number of nitrogens with zero attached hydrogens (tertiary/aromatic N) is 1. The second kappa shape index (κ2) is 6.13. The van der Waals surface area contributed by atoms with Gasteiger partial charge in [0.2, 0.25) is 0 Å². The molecule has 0 atom stereocenters. The molecule has 100 valence electrons. The van der Waals surface area contributed by atoms with Crippen molar-refractivity contribution in [2.45, 2.75) is 0 Å². The van der Waals surface area contributed by atoms with Crippen LogP contribution in [-0.2, 0) is 9.53 Å². The first-order valence-electron chi connectivity index (χ1n) is 5.70. The zero-order chi connectivity index (χ0) is 14.5. The van der Waals surface area contributed by atoms with Gasteiger partial charge < -0.3 is 4.74 Å². The Labute approximate surface area is 119 Å². The summed E-state index contributed by atoms with van der Waals surface area (Å²) in [6, 6.07) is 11.7. The quantitative estimate of drug-likeness (QED) is 0.492. The van der Waals surface area contributed by atoms with Gasteiger partial charge in [0.05, 0.1) is 7.11 Å². The highest BCUT2D eigenvalue weighted by Crippen LogP contribution is 2.31. The normalized spacial score (nSPS) is 10.9. The zero-order valence-electron chi connectivity index (χ0n) is 10.6. The fourth-order valence-corrected chi connectivity index (χ4v) is 2.60. The highest BCUT2D eigenvalue weighted by Gasteiger charge is 2.11. The molecule has 0 radical (unpaired) electrons. The standard InChI is InChI=1S/C15H10FNO2S/c1-19-15(18)10(9-17)8-11-6-7-14(20-11)12-4-2-3-5-13(12)16/h2-8H,1H3/b10-8+. The summed E-state index contributed by atoms with van der Waals surface area (Å²) >= 11 is 1.30. The van der Waals surface area contributed by atoms with Gasteiger partial charge in [-0.3, -0.25) is 0 Å². The largest absolute Gasteiger partial charge is 0.465 e. The molecule has 0 unspecified atom stereocenters. The number of hydrogen-bond acceptors (Lipinski definition) is 4. The molecule has 0 saturated heterocycles. The lowest BCUT2D eigenvalue weighted by atomic mass is 10.2. The van der Waals surface area contributed by atoms with Gasteiger partial charge in [-0.2, -0.15) is 5.26 Å². The number of rotatable bonds is 3. The van der Waals surface area contributed by atoms with Crippen molar-refractivity contribution in [3.8, 4) is 16.5 Å². The molecule has 5 heteroatoms. The highest BCUT2D eigenvalue weighted by molar-refractivity contribution is 7.16. The summed E-state index contributed by atoms with van der Waals surface area (Å²) in [6.07, 6.45) is 1.43. The fourth-order valence-electron chi connectivity index (χ4n) is 1.63. The van der Waals surface area contributed by atoms with E-state index in [1.807, 2.05) is 0 Å². The topological polar surface area (TPSA) is 50.1 Å². The molecule has 0 N–H and O–H groups in total. The third-order valence-electron chi connectivity index (χ3n) is 2.58. The molecule has 1 aromatic carbocycles. The second-order valence-corrected chi connectivity index (χ2v) is 4.96. The van der Waals surface area contributed by atoms with E-state index >= 15 is 0 Å². The number of carbonyl (C=O) groups is 1. The van der Waals surface area contributed by atoms with Crippen LogP contribution in [0.4, 0.5) is 4.39 Å². The van der Waals surface area contributed by atoms with Crippen molar-refractivity contribution in [3.05, 3.63) is 52.7 Å². The maximum Gasteiger partial charge on any atom is 0.348 e. The van der Waals surface area contributed by atoms with Crippen molar-refractivity contribution < 1.29 is 13.9 Å². The van der Waals surface area contributed by atoms with Crippen LogP contribution >= 0.6 is 11.3 Å². The Morgan fingerprint density at radius 1 is 1.35 bits per heavy atom. The maximum atomic E-state index is 13.7. The summed E-state index contributed by atoms with van der Waals surface area (Å²) in [5, 5.41) is 8.88. The van der Waals surface area contributed by atoms with Crippen LogP contribution in [0.2, 0.25) is 0 Å². The zero-order valence-corrected chi connectivity index (χ0v) is 11.4. The first kappa shape index (κ1) is 14.0. The number of halogens is 1. The first-order valence-corrected chi connectivity index (χ1v) is 6.52. The lowest BCUT2D eigenvalue weighted by Gasteiger charge is -1.98. The number of nitriles is 1. The van der Waals surface area contributed by atoms with Crippen molar-refractivity contribution in [1.82, 2.24) is 0 Å². The van der Waals surface area contributed by atoms with Gasteiger partial charge in [0.25, 0.3) is 0 Å². The molecule has 2 aromatic rings. The molecule has 0 spiro atoms. The average Bonchev–Trinajstić information content (AvgIpc) is 2.92. The highest BCUT2D eigenvalue weighted by atomic mass is 32.1. The lowest BCUT2D eigenvalue weighted by molar-refractivity contribution is -0.135. The Morgan fingerprint density at radius 3 is 2.75 bits per heavy atom. The van der Waals surface area contributed by atoms with Crippen molar-refractivity contribution in [1.29, 1.82) is 5.26 Å². The van der Waals surface area contributed by atoms with Gasteiger partial charge >= 0.3 is 5.97 Å². The lowest BCUT2D eigenvalue weighted by Crippen LogP contribution is -2.02. The van der Waals surface area contributed by atoms with Crippen LogP contribution in [0, 0.1) is 17.1 Å². The molecule has 1 heterocycles. The summed E-state index contributed by atoms with van der Waals surface area (Å²) in [5.41, 5.74) is 0.406. The Kier molecular flexibility index (Phi) is 4.28. The Hall–Kier alpha value is -2.45. The molecule has 1 aromatic heterocycles. The minimum Gasteiger partial charge on any atom is -0.465 e. The predicted octanol–water partition coefficient (Wildman–Crippen LogP) is 3.63. The maximum absolute atomic E-state index is 13.7. The van der Waals surface area contributed by atoms with Gasteiger partial charge in [-0.05, 0) is 24.3 Å². The molecular weight excluding hydrogens is 277 g/mol. The summed E-state index contributed by atoms with van der Waals surface area (Å²) in [4.78, 5) is 12.7. The first-order chi connectivity index (χ1) is 9.65. The summed E-state index contributed by atoms with van der Waals surface area (Å²) in [6.45, 7) is 0. The second-order valence-electron chi connectivity index (χ2n) is 3.84. The van der Waals surface area contributed by atoms with Gasteiger partial charge in [0.15, 0.2) is 0 Å². The van der Waals surface area contributed by atoms with E-state index in [0.29, 0.717) is 10.4 Å². The molecule has 0 saturated carbocycles. The number of hydrogen-bond donors (Lipinski definition) is 0. The number of carbonyl (C=O) groups excluding carboxylic acids is 1. The van der Waals surface area contributed by atoms with Crippen molar-refractivity contribution in [2.75, 3.05) is 7.11 Å².